The van der Waals surface area contributed by atoms with Crippen LogP contribution in [0.15, 0.2) is 59.0 Å². The van der Waals surface area contributed by atoms with Crippen molar-refractivity contribution in [1.82, 2.24) is 5.32 Å². The fourth-order valence-electron chi connectivity index (χ4n) is 3.03. The number of carbonyl (C=O) groups excluding carboxylic acids is 1. The molecule has 1 N–H and O–H groups in total. The molecule has 144 valence electrons. The number of ether oxygens (including phenoxy) is 2. The molecule has 0 radical (unpaired) electrons. The van der Waals surface area contributed by atoms with E-state index in [2.05, 4.69) is 5.32 Å². The van der Waals surface area contributed by atoms with Crippen molar-refractivity contribution in [3.63, 3.8) is 0 Å². The molecule has 7 heteroatoms. The molecular formula is C21H17ClFNO4. The second-order valence-electron chi connectivity index (χ2n) is 6.33. The minimum absolute atomic E-state index is 0.134. The van der Waals surface area contributed by atoms with E-state index in [1.165, 1.54) is 24.3 Å². The summed E-state index contributed by atoms with van der Waals surface area (Å²) >= 11 is 6.17. The average molecular weight is 402 g/mol. The minimum atomic E-state index is -0.333. The van der Waals surface area contributed by atoms with Crippen LogP contribution >= 0.6 is 11.6 Å². The Morgan fingerprint density at radius 3 is 2.82 bits per heavy atom. The Hall–Kier alpha value is -2.99. The Labute approximate surface area is 166 Å². The Balaban J connectivity index is 1.40. The van der Waals surface area contributed by atoms with E-state index < -0.39 is 0 Å². The van der Waals surface area contributed by atoms with Gasteiger partial charge in [-0.1, -0.05) is 23.7 Å². The monoisotopic (exact) mass is 401 g/mol. The maximum absolute atomic E-state index is 12.9. The molecule has 1 amide bonds. The topological polar surface area (TPSA) is 60.7 Å². The van der Waals surface area contributed by atoms with Crippen molar-refractivity contribution >= 4 is 17.5 Å². The first kappa shape index (κ1) is 18.4. The molecule has 2 aromatic carbocycles. The fourth-order valence-corrected chi connectivity index (χ4v) is 3.27. The van der Waals surface area contributed by atoms with E-state index >= 15 is 0 Å². The Morgan fingerprint density at radius 1 is 1.18 bits per heavy atom. The van der Waals surface area contributed by atoms with E-state index in [0.29, 0.717) is 35.3 Å². The third-order valence-corrected chi connectivity index (χ3v) is 4.71. The van der Waals surface area contributed by atoms with Gasteiger partial charge in [0.05, 0.1) is 17.7 Å². The molecular weight excluding hydrogens is 385 g/mol. The van der Waals surface area contributed by atoms with Gasteiger partial charge in [-0.05, 0) is 42.5 Å². The van der Waals surface area contributed by atoms with Crippen molar-refractivity contribution in [2.45, 2.75) is 19.1 Å². The van der Waals surface area contributed by atoms with Crippen LogP contribution in [-0.4, -0.2) is 12.5 Å². The summed E-state index contributed by atoms with van der Waals surface area (Å²) < 4.78 is 29.6. The van der Waals surface area contributed by atoms with Gasteiger partial charge in [0.1, 0.15) is 29.7 Å². The van der Waals surface area contributed by atoms with Crippen LogP contribution in [-0.2, 0) is 6.61 Å². The highest BCUT2D eigenvalue weighted by atomic mass is 35.5. The zero-order valence-corrected chi connectivity index (χ0v) is 15.5. The highest BCUT2D eigenvalue weighted by Gasteiger charge is 2.26. The minimum Gasteiger partial charge on any atom is -0.492 e. The van der Waals surface area contributed by atoms with Gasteiger partial charge >= 0.3 is 0 Å². The van der Waals surface area contributed by atoms with Crippen molar-refractivity contribution in [3.05, 3.63) is 82.5 Å². The van der Waals surface area contributed by atoms with E-state index in [0.717, 1.165) is 5.56 Å². The lowest BCUT2D eigenvalue weighted by atomic mass is 10.0. The Morgan fingerprint density at radius 2 is 2.00 bits per heavy atom. The van der Waals surface area contributed by atoms with Crippen molar-refractivity contribution in [3.8, 4) is 11.5 Å². The van der Waals surface area contributed by atoms with Gasteiger partial charge < -0.3 is 19.2 Å². The van der Waals surface area contributed by atoms with E-state index in [4.69, 9.17) is 25.5 Å². The number of halogens is 2. The van der Waals surface area contributed by atoms with Crippen molar-refractivity contribution < 1.29 is 23.1 Å². The van der Waals surface area contributed by atoms with Crippen molar-refractivity contribution in [1.29, 1.82) is 0 Å². The van der Waals surface area contributed by atoms with Gasteiger partial charge in [0.15, 0.2) is 5.76 Å². The molecule has 1 unspecified atom stereocenters. The van der Waals surface area contributed by atoms with Gasteiger partial charge in [-0.2, -0.15) is 0 Å². The SMILES string of the molecule is O=C(NC1CCOc2c(Cl)cccc21)c1ccc(COc2ccc(F)cc2)o1. The number of para-hydroxylation sites is 1. The maximum Gasteiger partial charge on any atom is 0.287 e. The summed E-state index contributed by atoms with van der Waals surface area (Å²) in [4.78, 5) is 12.6. The van der Waals surface area contributed by atoms with Crippen LogP contribution < -0.4 is 14.8 Å². The first-order valence-corrected chi connectivity index (χ1v) is 9.17. The molecule has 0 bridgehead atoms. The summed E-state index contributed by atoms with van der Waals surface area (Å²) in [6.45, 7) is 0.602. The number of hydrogen-bond donors (Lipinski definition) is 1. The van der Waals surface area contributed by atoms with Gasteiger partial charge in [-0.15, -0.1) is 0 Å². The average Bonchev–Trinajstić information content (AvgIpc) is 3.18. The molecule has 3 aromatic rings. The molecule has 0 aliphatic carbocycles. The Bertz CT molecular complexity index is 986. The zero-order valence-electron chi connectivity index (χ0n) is 14.8. The third-order valence-electron chi connectivity index (χ3n) is 4.41. The molecule has 28 heavy (non-hydrogen) atoms. The number of furan rings is 1. The smallest absolute Gasteiger partial charge is 0.287 e. The molecule has 0 fully saturated rings. The molecule has 0 saturated carbocycles. The lowest BCUT2D eigenvalue weighted by Gasteiger charge is -2.27. The molecule has 1 aliphatic rings. The van der Waals surface area contributed by atoms with E-state index in [-0.39, 0.29) is 30.1 Å². The number of fused-ring (bicyclic) bond motifs is 1. The first-order valence-electron chi connectivity index (χ1n) is 8.79. The van der Waals surface area contributed by atoms with Crippen molar-refractivity contribution in [2.24, 2.45) is 0 Å². The van der Waals surface area contributed by atoms with Gasteiger partial charge in [0.25, 0.3) is 5.91 Å². The second kappa shape index (κ2) is 7.94. The normalized spacial score (nSPS) is 15.4. The Kier molecular flexibility index (Phi) is 5.21. The third kappa shape index (κ3) is 3.97. The molecule has 1 atom stereocenters. The predicted octanol–water partition coefficient (Wildman–Crippen LogP) is 4.90. The highest BCUT2D eigenvalue weighted by molar-refractivity contribution is 6.32. The zero-order chi connectivity index (χ0) is 19.5. The molecule has 1 aromatic heterocycles. The molecule has 0 saturated heterocycles. The van der Waals surface area contributed by atoms with Crippen LogP contribution in [0.25, 0.3) is 0 Å². The molecule has 5 nitrogen and oxygen atoms in total. The number of benzene rings is 2. The summed E-state index contributed by atoms with van der Waals surface area (Å²) in [5.41, 5.74) is 0.846. The molecule has 0 spiro atoms. The fraction of sp³-hybridized carbons (Fsp3) is 0.190. The number of nitrogens with one attached hydrogen (secondary N) is 1. The quantitative estimate of drug-likeness (QED) is 0.660. The molecule has 4 rings (SSSR count). The maximum atomic E-state index is 12.9. The lowest BCUT2D eigenvalue weighted by molar-refractivity contribution is 0.0892. The van der Waals surface area contributed by atoms with Crippen molar-refractivity contribution in [2.75, 3.05) is 6.61 Å². The molecule has 1 aliphatic heterocycles. The summed E-state index contributed by atoms with van der Waals surface area (Å²) in [5.74, 6) is 1.14. The van der Waals surface area contributed by atoms with E-state index in [9.17, 15) is 9.18 Å². The summed E-state index contributed by atoms with van der Waals surface area (Å²) in [7, 11) is 0. The largest absolute Gasteiger partial charge is 0.492 e. The van der Waals surface area contributed by atoms with Gasteiger partial charge in [0.2, 0.25) is 0 Å². The summed E-state index contributed by atoms with van der Waals surface area (Å²) in [5, 5.41) is 3.48. The predicted molar refractivity (Wildman–Crippen MR) is 101 cm³/mol. The van der Waals surface area contributed by atoms with E-state index in [1.54, 1.807) is 18.2 Å². The first-order chi connectivity index (χ1) is 13.6. The van der Waals surface area contributed by atoms with E-state index in [1.807, 2.05) is 12.1 Å². The van der Waals surface area contributed by atoms with Crippen LogP contribution in [0.5, 0.6) is 11.5 Å². The van der Waals surface area contributed by atoms with Gasteiger partial charge in [-0.25, -0.2) is 4.39 Å². The summed E-state index contributed by atoms with van der Waals surface area (Å²) in [6, 6.07) is 14.2. The van der Waals surface area contributed by atoms with Crippen LogP contribution in [0.2, 0.25) is 5.02 Å². The van der Waals surface area contributed by atoms with Gasteiger partial charge in [-0.3, -0.25) is 4.79 Å². The number of hydrogen-bond acceptors (Lipinski definition) is 4. The summed E-state index contributed by atoms with van der Waals surface area (Å²) in [6.07, 6.45) is 0.639. The number of amides is 1. The van der Waals surface area contributed by atoms with Crippen LogP contribution in [0.3, 0.4) is 0 Å². The second-order valence-corrected chi connectivity index (χ2v) is 6.74. The highest BCUT2D eigenvalue weighted by Crippen LogP contribution is 2.37. The van der Waals surface area contributed by atoms with Gasteiger partial charge in [0, 0.05) is 12.0 Å². The van der Waals surface area contributed by atoms with Crippen LogP contribution in [0.1, 0.15) is 34.3 Å². The van der Waals surface area contributed by atoms with Crippen LogP contribution in [0.4, 0.5) is 4.39 Å². The number of carbonyl (C=O) groups is 1. The number of rotatable bonds is 5. The lowest BCUT2D eigenvalue weighted by Crippen LogP contribution is -2.32. The standard InChI is InChI=1S/C21H17ClFNO4/c22-17-3-1-2-16-18(10-11-26-20(16)17)24-21(25)19-9-8-15(28-19)12-27-14-6-4-13(23)5-7-14/h1-9,18H,10-12H2,(H,24,25). The van der Waals surface area contributed by atoms with Crippen LogP contribution in [0, 0.1) is 5.82 Å². The molecule has 2 heterocycles.